The lowest BCUT2D eigenvalue weighted by atomic mass is 10.1. The summed E-state index contributed by atoms with van der Waals surface area (Å²) < 4.78 is 36.6. The van der Waals surface area contributed by atoms with Gasteiger partial charge in [0.25, 0.3) is 0 Å². The van der Waals surface area contributed by atoms with Crippen LogP contribution in [0.15, 0.2) is 56.6 Å². The highest BCUT2D eigenvalue weighted by Crippen LogP contribution is 2.25. The number of hydrogen-bond donors (Lipinski definition) is 1. The maximum atomic E-state index is 11.7. The molecule has 0 amide bonds. The molecule has 0 atom stereocenters. The molecule has 0 aliphatic carbocycles. The summed E-state index contributed by atoms with van der Waals surface area (Å²) >= 11 is 0. The van der Waals surface area contributed by atoms with Crippen LogP contribution in [0.5, 0.6) is 5.75 Å². The lowest BCUT2D eigenvalue weighted by molar-refractivity contribution is 0.289. The molecule has 162 valence electrons. The second kappa shape index (κ2) is 8.16. The first-order valence-corrected chi connectivity index (χ1v) is 11.5. The van der Waals surface area contributed by atoms with E-state index in [1.165, 1.54) is 18.2 Å². The predicted octanol–water partition coefficient (Wildman–Crippen LogP) is 3.48. The first-order valence-electron chi connectivity index (χ1n) is 9.95. The second-order valence-electron chi connectivity index (χ2n) is 7.42. The zero-order valence-corrected chi connectivity index (χ0v) is 18.1. The third-order valence-electron chi connectivity index (χ3n) is 5.15. The van der Waals surface area contributed by atoms with Gasteiger partial charge in [-0.3, -0.25) is 0 Å². The summed E-state index contributed by atoms with van der Waals surface area (Å²) in [5.74, 6) is 1.21. The summed E-state index contributed by atoms with van der Waals surface area (Å²) in [4.78, 5) is 16.3. The Hall–Kier alpha value is -3.17. The fourth-order valence-corrected chi connectivity index (χ4v) is 4.09. The summed E-state index contributed by atoms with van der Waals surface area (Å²) in [5.41, 5.74) is 2.25. The summed E-state index contributed by atoms with van der Waals surface area (Å²) in [6.45, 7) is 4.85. The van der Waals surface area contributed by atoms with Crippen LogP contribution in [0.25, 0.3) is 22.0 Å². The van der Waals surface area contributed by atoms with Crippen molar-refractivity contribution in [3.8, 4) is 5.75 Å². The SMILES string of the molecule is CCCCn1c(COc2ccc3c(C)cc(=O)oc3c2)nc2cc(S(N)(=O)=O)ccc21. The first kappa shape index (κ1) is 21.1. The Morgan fingerprint density at radius 1 is 1.16 bits per heavy atom. The molecule has 8 nitrogen and oxygen atoms in total. The van der Waals surface area contributed by atoms with Crippen molar-refractivity contribution in [2.24, 2.45) is 5.14 Å². The Kier molecular flexibility index (Phi) is 5.55. The Balaban J connectivity index is 1.68. The molecule has 0 bridgehead atoms. The number of primary sulfonamides is 1. The highest BCUT2D eigenvalue weighted by molar-refractivity contribution is 7.89. The fourth-order valence-electron chi connectivity index (χ4n) is 3.56. The van der Waals surface area contributed by atoms with E-state index in [1.807, 2.05) is 23.6 Å². The molecule has 0 unspecified atom stereocenters. The Morgan fingerprint density at radius 2 is 1.97 bits per heavy atom. The maximum Gasteiger partial charge on any atom is 0.336 e. The van der Waals surface area contributed by atoms with Gasteiger partial charge in [0.2, 0.25) is 10.0 Å². The quantitative estimate of drug-likeness (QED) is 0.439. The number of rotatable bonds is 7. The number of nitrogens with two attached hydrogens (primary N) is 1. The molecule has 4 aromatic rings. The van der Waals surface area contributed by atoms with E-state index in [0.717, 1.165) is 35.9 Å². The Bertz CT molecular complexity index is 1440. The van der Waals surface area contributed by atoms with Crippen LogP contribution in [0.2, 0.25) is 0 Å². The minimum Gasteiger partial charge on any atom is -0.486 e. The summed E-state index contributed by atoms with van der Waals surface area (Å²) in [6, 6.07) is 11.5. The summed E-state index contributed by atoms with van der Waals surface area (Å²) in [6.07, 6.45) is 1.94. The second-order valence-corrected chi connectivity index (χ2v) is 8.99. The van der Waals surface area contributed by atoms with Gasteiger partial charge in [0.15, 0.2) is 0 Å². The summed E-state index contributed by atoms with van der Waals surface area (Å²) in [7, 11) is -3.81. The van der Waals surface area contributed by atoms with E-state index in [0.29, 0.717) is 22.7 Å². The van der Waals surface area contributed by atoms with Crippen LogP contribution < -0.4 is 15.5 Å². The number of aryl methyl sites for hydroxylation is 2. The number of fused-ring (bicyclic) bond motifs is 2. The van der Waals surface area contributed by atoms with Crippen molar-refractivity contribution in [2.75, 3.05) is 0 Å². The average molecular weight is 442 g/mol. The van der Waals surface area contributed by atoms with Crippen LogP contribution in [0.1, 0.15) is 31.2 Å². The van der Waals surface area contributed by atoms with E-state index >= 15 is 0 Å². The number of nitrogens with zero attached hydrogens (tertiary/aromatic N) is 2. The van der Waals surface area contributed by atoms with Crippen molar-refractivity contribution in [1.29, 1.82) is 0 Å². The highest BCUT2D eigenvalue weighted by atomic mass is 32.2. The van der Waals surface area contributed by atoms with Crippen LogP contribution >= 0.6 is 0 Å². The van der Waals surface area contributed by atoms with Crippen molar-refractivity contribution >= 4 is 32.0 Å². The van der Waals surface area contributed by atoms with Crippen molar-refractivity contribution in [3.63, 3.8) is 0 Å². The van der Waals surface area contributed by atoms with Gasteiger partial charge in [0.1, 0.15) is 23.8 Å². The van der Waals surface area contributed by atoms with Gasteiger partial charge >= 0.3 is 5.63 Å². The number of aromatic nitrogens is 2. The lowest BCUT2D eigenvalue weighted by Gasteiger charge is -2.11. The first-order chi connectivity index (χ1) is 14.8. The molecular weight excluding hydrogens is 418 g/mol. The molecule has 0 aliphatic rings. The molecule has 2 aromatic heterocycles. The van der Waals surface area contributed by atoms with Crippen molar-refractivity contribution < 1.29 is 17.6 Å². The third-order valence-corrected chi connectivity index (χ3v) is 6.06. The van der Waals surface area contributed by atoms with Crippen molar-refractivity contribution in [1.82, 2.24) is 9.55 Å². The number of hydrogen-bond acceptors (Lipinski definition) is 6. The normalized spacial score (nSPS) is 12.0. The largest absolute Gasteiger partial charge is 0.486 e. The van der Waals surface area contributed by atoms with E-state index in [2.05, 4.69) is 11.9 Å². The minimum absolute atomic E-state index is 0.0209. The van der Waals surface area contributed by atoms with Crippen LogP contribution in [0.3, 0.4) is 0 Å². The number of unbranched alkanes of at least 4 members (excludes halogenated alkanes) is 1. The van der Waals surface area contributed by atoms with E-state index in [1.54, 1.807) is 12.1 Å². The summed E-state index contributed by atoms with van der Waals surface area (Å²) in [5, 5.41) is 6.10. The molecule has 0 radical (unpaired) electrons. The minimum atomic E-state index is -3.81. The lowest BCUT2D eigenvalue weighted by Crippen LogP contribution is -2.11. The number of ether oxygens (including phenoxy) is 1. The molecule has 0 spiro atoms. The standard InChI is InChI=1S/C22H23N3O5S/c1-3-4-9-25-19-8-6-16(31(23,27)28)12-18(19)24-21(25)13-29-15-5-7-17-14(2)10-22(26)30-20(17)11-15/h5-8,10-12H,3-4,9,13H2,1-2H3,(H2,23,27,28). The van der Waals surface area contributed by atoms with Crippen LogP contribution in [0.4, 0.5) is 0 Å². The molecule has 0 aliphatic heterocycles. The molecule has 2 aromatic carbocycles. The monoisotopic (exact) mass is 441 g/mol. The van der Waals surface area contributed by atoms with Gasteiger partial charge in [-0.2, -0.15) is 0 Å². The van der Waals surface area contributed by atoms with Crippen LogP contribution in [-0.2, 0) is 23.2 Å². The van der Waals surface area contributed by atoms with Gasteiger partial charge in [-0.25, -0.2) is 23.3 Å². The molecule has 0 saturated carbocycles. The molecule has 9 heteroatoms. The topological polar surface area (TPSA) is 117 Å². The van der Waals surface area contributed by atoms with Gasteiger partial charge in [0.05, 0.1) is 15.9 Å². The van der Waals surface area contributed by atoms with E-state index in [-0.39, 0.29) is 11.5 Å². The zero-order valence-electron chi connectivity index (χ0n) is 17.3. The van der Waals surface area contributed by atoms with Gasteiger partial charge in [-0.15, -0.1) is 0 Å². The molecule has 0 saturated heterocycles. The molecule has 31 heavy (non-hydrogen) atoms. The van der Waals surface area contributed by atoms with E-state index in [4.69, 9.17) is 14.3 Å². The number of benzene rings is 2. The van der Waals surface area contributed by atoms with Crippen molar-refractivity contribution in [2.45, 2.75) is 44.7 Å². The highest BCUT2D eigenvalue weighted by Gasteiger charge is 2.15. The van der Waals surface area contributed by atoms with E-state index in [9.17, 15) is 13.2 Å². The zero-order chi connectivity index (χ0) is 22.2. The molecule has 0 fully saturated rings. The maximum absolute atomic E-state index is 11.7. The molecule has 2 N–H and O–H groups in total. The van der Waals surface area contributed by atoms with Crippen LogP contribution in [0, 0.1) is 6.92 Å². The molecule has 2 heterocycles. The van der Waals surface area contributed by atoms with Gasteiger partial charge in [-0.1, -0.05) is 13.3 Å². The molecule has 4 rings (SSSR count). The Labute approximate surface area is 179 Å². The van der Waals surface area contributed by atoms with Gasteiger partial charge < -0.3 is 13.7 Å². The third kappa shape index (κ3) is 4.33. The van der Waals surface area contributed by atoms with Crippen LogP contribution in [-0.4, -0.2) is 18.0 Å². The van der Waals surface area contributed by atoms with E-state index < -0.39 is 15.6 Å². The van der Waals surface area contributed by atoms with Crippen molar-refractivity contribution in [3.05, 3.63) is 64.3 Å². The Morgan fingerprint density at radius 3 is 2.71 bits per heavy atom. The predicted molar refractivity (Wildman–Crippen MR) is 118 cm³/mol. The average Bonchev–Trinajstić information content (AvgIpc) is 3.06. The number of sulfonamides is 1. The fraction of sp³-hybridized carbons (Fsp3) is 0.273. The smallest absolute Gasteiger partial charge is 0.336 e. The van der Waals surface area contributed by atoms with Gasteiger partial charge in [-0.05, 0) is 49.2 Å². The number of imidazole rings is 1. The van der Waals surface area contributed by atoms with Gasteiger partial charge in [0, 0.05) is 24.1 Å². The molecular formula is C22H23N3O5S.